The second kappa shape index (κ2) is 8.27. The first kappa shape index (κ1) is 19.6. The van der Waals surface area contributed by atoms with Gasteiger partial charge in [-0.3, -0.25) is 4.79 Å². The number of rotatable bonds is 5. The number of benzene rings is 1. The van der Waals surface area contributed by atoms with Crippen molar-refractivity contribution >= 4 is 23.3 Å². The van der Waals surface area contributed by atoms with E-state index in [-0.39, 0.29) is 30.0 Å². The van der Waals surface area contributed by atoms with Crippen LogP contribution in [0.25, 0.3) is 0 Å². The van der Waals surface area contributed by atoms with Crippen molar-refractivity contribution in [1.82, 2.24) is 4.90 Å². The molecule has 2 aliphatic rings. The molecule has 0 aliphatic carbocycles. The van der Waals surface area contributed by atoms with E-state index in [0.717, 1.165) is 24.9 Å². The molecule has 2 heterocycles. The van der Waals surface area contributed by atoms with E-state index in [4.69, 9.17) is 4.74 Å². The Bertz CT molecular complexity index is 688. The normalized spacial score (nSPS) is 22.0. The van der Waals surface area contributed by atoms with Gasteiger partial charge in [-0.1, -0.05) is 6.07 Å². The smallest absolute Gasteiger partial charge is 0.321 e. The Kier molecular flexibility index (Phi) is 6.01. The second-order valence-corrected chi connectivity index (χ2v) is 7.76. The van der Waals surface area contributed by atoms with Crippen molar-refractivity contribution in [1.29, 1.82) is 0 Å². The van der Waals surface area contributed by atoms with Gasteiger partial charge in [0, 0.05) is 56.1 Å². The van der Waals surface area contributed by atoms with Gasteiger partial charge in [0.2, 0.25) is 5.91 Å². The summed E-state index contributed by atoms with van der Waals surface area (Å²) in [7, 11) is 1.73. The zero-order valence-electron chi connectivity index (χ0n) is 16.1. The Labute approximate surface area is 160 Å². The first-order chi connectivity index (χ1) is 12.9. The molecule has 3 amide bonds. The maximum Gasteiger partial charge on any atom is 0.321 e. The summed E-state index contributed by atoms with van der Waals surface area (Å²) in [5.74, 6) is 0.118. The van der Waals surface area contributed by atoms with Crippen LogP contribution in [0.3, 0.4) is 0 Å². The number of nitrogens with one attached hydrogen (secondary N) is 1. The highest BCUT2D eigenvalue weighted by atomic mass is 16.5. The highest BCUT2D eigenvalue weighted by Crippen LogP contribution is 2.31. The highest BCUT2D eigenvalue weighted by Gasteiger charge is 2.34. The van der Waals surface area contributed by atoms with Gasteiger partial charge in [-0.25, -0.2) is 4.79 Å². The molecule has 2 N–H and O–H groups in total. The molecule has 0 saturated carbocycles. The molecule has 2 fully saturated rings. The lowest BCUT2D eigenvalue weighted by Crippen LogP contribution is -2.45. The molecule has 1 aromatic carbocycles. The van der Waals surface area contributed by atoms with E-state index < -0.39 is 0 Å². The van der Waals surface area contributed by atoms with Gasteiger partial charge in [0.15, 0.2) is 0 Å². The van der Waals surface area contributed by atoms with Crippen molar-refractivity contribution in [3.05, 3.63) is 24.3 Å². The quantitative estimate of drug-likeness (QED) is 0.828. The molecule has 27 heavy (non-hydrogen) atoms. The third-order valence-corrected chi connectivity index (χ3v) is 5.67. The first-order valence-electron chi connectivity index (χ1n) is 9.57. The number of urea groups is 1. The van der Waals surface area contributed by atoms with Crippen molar-refractivity contribution in [2.45, 2.75) is 38.6 Å². The number of carbonyl (C=O) groups is 2. The van der Waals surface area contributed by atoms with Crippen LogP contribution in [-0.2, 0) is 9.53 Å². The van der Waals surface area contributed by atoms with E-state index in [1.165, 1.54) is 0 Å². The largest absolute Gasteiger partial charge is 0.396 e. The Morgan fingerprint density at radius 2 is 2.15 bits per heavy atom. The molecule has 2 aliphatic heterocycles. The molecular weight excluding hydrogens is 346 g/mol. The monoisotopic (exact) mass is 375 g/mol. The van der Waals surface area contributed by atoms with Gasteiger partial charge in [0.25, 0.3) is 0 Å². The molecule has 1 aromatic rings. The molecule has 0 unspecified atom stereocenters. The molecule has 0 aromatic heterocycles. The number of hydrogen-bond acceptors (Lipinski definition) is 4. The van der Waals surface area contributed by atoms with E-state index >= 15 is 0 Å². The third kappa shape index (κ3) is 4.42. The lowest BCUT2D eigenvalue weighted by Gasteiger charge is -2.38. The van der Waals surface area contributed by atoms with E-state index in [2.05, 4.69) is 5.32 Å². The summed E-state index contributed by atoms with van der Waals surface area (Å²) in [4.78, 5) is 28.1. The van der Waals surface area contributed by atoms with Crippen LogP contribution in [0.5, 0.6) is 0 Å². The van der Waals surface area contributed by atoms with Gasteiger partial charge in [-0.05, 0) is 44.4 Å². The van der Waals surface area contributed by atoms with Crippen LogP contribution in [0.15, 0.2) is 24.3 Å². The lowest BCUT2D eigenvalue weighted by atomic mass is 9.80. The van der Waals surface area contributed by atoms with Gasteiger partial charge in [-0.2, -0.15) is 0 Å². The van der Waals surface area contributed by atoms with Crippen molar-refractivity contribution in [3.8, 4) is 0 Å². The predicted molar refractivity (Wildman–Crippen MR) is 104 cm³/mol. The summed E-state index contributed by atoms with van der Waals surface area (Å²) >= 11 is 0. The molecule has 0 radical (unpaired) electrons. The molecular formula is C20H29N3O4. The maximum absolute atomic E-state index is 12.6. The molecule has 3 rings (SSSR count). The fourth-order valence-corrected chi connectivity index (χ4v) is 3.92. The Morgan fingerprint density at radius 3 is 2.78 bits per heavy atom. The maximum atomic E-state index is 12.6. The topological polar surface area (TPSA) is 82.1 Å². The summed E-state index contributed by atoms with van der Waals surface area (Å²) in [6.07, 6.45) is 2.90. The van der Waals surface area contributed by atoms with E-state index in [9.17, 15) is 14.7 Å². The van der Waals surface area contributed by atoms with Crippen LogP contribution in [0.4, 0.5) is 16.2 Å². The van der Waals surface area contributed by atoms with Crippen molar-refractivity contribution in [2.24, 2.45) is 5.41 Å². The number of hydrogen-bond donors (Lipinski definition) is 2. The fraction of sp³-hybridized carbons (Fsp3) is 0.600. The standard InChI is InChI=1S/C20H29N3O4/c1-15-6-7-18(25)23(15)17-5-3-4-16(12-17)21-19(26)22(2)13-20(14-24)8-10-27-11-9-20/h3-5,12,15,24H,6-11,13-14H2,1-2H3,(H,21,26)/t15-/m1/s1. The second-order valence-electron chi connectivity index (χ2n) is 7.76. The van der Waals surface area contributed by atoms with Gasteiger partial charge in [0.05, 0.1) is 6.61 Å². The Hall–Kier alpha value is -2.12. The summed E-state index contributed by atoms with van der Waals surface area (Å²) < 4.78 is 5.38. The van der Waals surface area contributed by atoms with Crippen LogP contribution in [0.2, 0.25) is 0 Å². The molecule has 1 atom stereocenters. The van der Waals surface area contributed by atoms with Crippen molar-refractivity contribution < 1.29 is 19.4 Å². The lowest BCUT2D eigenvalue weighted by molar-refractivity contribution is -0.117. The average molecular weight is 375 g/mol. The van der Waals surface area contributed by atoms with Gasteiger partial charge in [0.1, 0.15) is 0 Å². The first-order valence-corrected chi connectivity index (χ1v) is 9.57. The minimum Gasteiger partial charge on any atom is -0.396 e. The molecule has 2 saturated heterocycles. The number of amides is 3. The zero-order chi connectivity index (χ0) is 19.4. The van der Waals surface area contributed by atoms with E-state index in [1.807, 2.05) is 31.2 Å². The SMILES string of the molecule is C[C@@H]1CCC(=O)N1c1cccc(NC(=O)N(C)CC2(CO)CCOCC2)c1. The number of nitrogens with zero attached hydrogens (tertiary/aromatic N) is 2. The summed E-state index contributed by atoms with van der Waals surface area (Å²) in [5.41, 5.74) is 1.16. The minimum atomic E-state index is -0.302. The van der Waals surface area contributed by atoms with Crippen molar-refractivity contribution in [2.75, 3.05) is 43.6 Å². The van der Waals surface area contributed by atoms with E-state index in [1.54, 1.807) is 16.8 Å². The number of aliphatic hydroxyl groups excluding tert-OH is 1. The van der Waals surface area contributed by atoms with E-state index in [0.29, 0.717) is 31.9 Å². The highest BCUT2D eigenvalue weighted by molar-refractivity contribution is 5.97. The van der Waals surface area contributed by atoms with Crippen LogP contribution >= 0.6 is 0 Å². The molecule has 0 bridgehead atoms. The summed E-state index contributed by atoms with van der Waals surface area (Å²) in [5, 5.41) is 12.7. The molecule has 148 valence electrons. The van der Waals surface area contributed by atoms with Crippen molar-refractivity contribution in [3.63, 3.8) is 0 Å². The Balaban J connectivity index is 1.65. The summed E-state index contributed by atoms with van der Waals surface area (Å²) in [6.45, 7) is 3.77. The Morgan fingerprint density at radius 1 is 1.41 bits per heavy atom. The predicted octanol–water partition coefficient (Wildman–Crippen LogP) is 2.45. The number of anilines is 2. The molecule has 0 spiro atoms. The zero-order valence-corrected chi connectivity index (χ0v) is 16.1. The third-order valence-electron chi connectivity index (χ3n) is 5.67. The number of aliphatic hydroxyl groups is 1. The fourth-order valence-electron chi connectivity index (χ4n) is 3.92. The number of ether oxygens (including phenoxy) is 1. The van der Waals surface area contributed by atoms with Crippen LogP contribution in [0.1, 0.15) is 32.6 Å². The minimum absolute atomic E-state index is 0.0401. The molecule has 7 heteroatoms. The van der Waals surface area contributed by atoms with Crippen LogP contribution in [0, 0.1) is 5.41 Å². The average Bonchev–Trinajstić information content (AvgIpc) is 3.01. The van der Waals surface area contributed by atoms with Crippen LogP contribution < -0.4 is 10.2 Å². The molecule has 7 nitrogen and oxygen atoms in total. The van der Waals surface area contributed by atoms with Crippen LogP contribution in [-0.4, -0.2) is 61.4 Å². The van der Waals surface area contributed by atoms with Gasteiger partial charge >= 0.3 is 6.03 Å². The summed E-state index contributed by atoms with van der Waals surface area (Å²) in [6, 6.07) is 7.33. The number of carbonyl (C=O) groups excluding carboxylic acids is 2. The van der Waals surface area contributed by atoms with Gasteiger partial charge in [-0.15, -0.1) is 0 Å². The van der Waals surface area contributed by atoms with Gasteiger partial charge < -0.3 is 25.0 Å².